The van der Waals surface area contributed by atoms with E-state index in [2.05, 4.69) is 18.7 Å². The molecule has 1 saturated heterocycles. The highest BCUT2D eigenvalue weighted by molar-refractivity contribution is 5.32. The molecule has 1 N–H and O–H groups in total. The maximum absolute atomic E-state index is 11.5. The van der Waals surface area contributed by atoms with E-state index >= 15 is 0 Å². The number of ether oxygens (including phenoxy) is 3. The molecule has 0 radical (unpaired) electrons. The van der Waals surface area contributed by atoms with E-state index in [4.69, 9.17) is 14.2 Å². The Morgan fingerprint density at radius 1 is 0.882 bits per heavy atom. The van der Waals surface area contributed by atoms with Gasteiger partial charge in [-0.15, -0.1) is 0 Å². The predicted octanol–water partition coefficient (Wildman–Crippen LogP) is 5.46. The van der Waals surface area contributed by atoms with Crippen LogP contribution in [0.25, 0.3) is 0 Å². The van der Waals surface area contributed by atoms with Crippen molar-refractivity contribution in [3.63, 3.8) is 0 Å². The van der Waals surface area contributed by atoms with Crippen molar-refractivity contribution in [3.8, 4) is 17.2 Å². The minimum Gasteiger partial charge on any atom is -0.497 e. The summed E-state index contributed by atoms with van der Waals surface area (Å²) in [5.74, 6) is 2.40. The van der Waals surface area contributed by atoms with Crippen molar-refractivity contribution >= 4 is 0 Å². The van der Waals surface area contributed by atoms with Crippen LogP contribution in [0.15, 0.2) is 78.9 Å². The summed E-state index contributed by atoms with van der Waals surface area (Å²) in [7, 11) is 1.66. The van der Waals surface area contributed by atoms with Crippen LogP contribution in [0.4, 0.5) is 0 Å². The van der Waals surface area contributed by atoms with Crippen molar-refractivity contribution in [1.29, 1.82) is 0 Å². The third-order valence-corrected chi connectivity index (χ3v) is 6.46. The number of hydrogen-bond acceptors (Lipinski definition) is 5. The monoisotopic (exact) mass is 461 g/mol. The quantitative estimate of drug-likeness (QED) is 0.459. The van der Waals surface area contributed by atoms with Gasteiger partial charge in [-0.25, -0.2) is 0 Å². The zero-order chi connectivity index (χ0) is 24.0. The van der Waals surface area contributed by atoms with Crippen LogP contribution in [0, 0.1) is 0 Å². The van der Waals surface area contributed by atoms with Gasteiger partial charge in [-0.2, -0.15) is 0 Å². The highest BCUT2D eigenvalue weighted by atomic mass is 16.5. The molecule has 0 amide bonds. The summed E-state index contributed by atoms with van der Waals surface area (Å²) in [5, 5.41) is 11.5. The maximum Gasteiger partial charge on any atom is 0.155 e. The minimum atomic E-state index is -0.816. The summed E-state index contributed by atoms with van der Waals surface area (Å²) in [6.07, 6.45) is 1.65. The number of nitrogens with zero attached hydrogens (tertiary/aromatic N) is 1. The second-order valence-electron chi connectivity index (χ2n) is 9.35. The fraction of sp³-hybridized carbons (Fsp3) is 0.379. The third kappa shape index (κ3) is 6.31. The molecule has 0 saturated carbocycles. The van der Waals surface area contributed by atoms with E-state index in [1.54, 1.807) is 7.11 Å². The van der Waals surface area contributed by atoms with Crippen LogP contribution < -0.4 is 14.2 Å². The van der Waals surface area contributed by atoms with E-state index < -0.39 is 5.60 Å². The van der Waals surface area contributed by atoms with E-state index in [1.807, 2.05) is 78.9 Å². The Bertz CT molecular complexity index is 1020. The molecule has 5 heteroatoms. The van der Waals surface area contributed by atoms with Gasteiger partial charge in [0.15, 0.2) is 6.23 Å². The van der Waals surface area contributed by atoms with Crippen LogP contribution in [0.5, 0.6) is 17.2 Å². The molecule has 1 aliphatic rings. The first-order chi connectivity index (χ1) is 16.4. The minimum absolute atomic E-state index is 0.201. The molecule has 34 heavy (non-hydrogen) atoms. The van der Waals surface area contributed by atoms with Gasteiger partial charge < -0.3 is 19.3 Å². The van der Waals surface area contributed by atoms with Gasteiger partial charge in [-0.05, 0) is 67.8 Å². The maximum atomic E-state index is 11.5. The van der Waals surface area contributed by atoms with E-state index in [-0.39, 0.29) is 6.23 Å². The summed E-state index contributed by atoms with van der Waals surface area (Å²) in [6.45, 7) is 5.66. The van der Waals surface area contributed by atoms with Gasteiger partial charge in [0.2, 0.25) is 0 Å². The Labute approximate surface area is 202 Å². The van der Waals surface area contributed by atoms with Gasteiger partial charge in [0.1, 0.15) is 23.9 Å². The van der Waals surface area contributed by atoms with Crippen molar-refractivity contribution < 1.29 is 19.3 Å². The fourth-order valence-electron chi connectivity index (χ4n) is 4.52. The van der Waals surface area contributed by atoms with Crippen LogP contribution >= 0.6 is 0 Å². The highest BCUT2D eigenvalue weighted by Crippen LogP contribution is 2.33. The van der Waals surface area contributed by atoms with Crippen LogP contribution in [-0.4, -0.2) is 41.5 Å². The third-order valence-electron chi connectivity index (χ3n) is 6.46. The van der Waals surface area contributed by atoms with Crippen molar-refractivity contribution in [2.45, 2.75) is 57.6 Å². The van der Waals surface area contributed by atoms with Crippen molar-refractivity contribution in [1.82, 2.24) is 4.90 Å². The molecule has 0 spiro atoms. The molecule has 3 aromatic rings. The lowest BCUT2D eigenvalue weighted by molar-refractivity contribution is -0.114. The number of piperidine rings is 1. The number of rotatable bonds is 9. The molecule has 2 atom stereocenters. The zero-order valence-electron chi connectivity index (χ0n) is 20.3. The molecule has 180 valence electrons. The average molecular weight is 462 g/mol. The Hall–Kier alpha value is -3.02. The van der Waals surface area contributed by atoms with Crippen LogP contribution in [0.3, 0.4) is 0 Å². The summed E-state index contributed by atoms with van der Waals surface area (Å²) in [5.41, 5.74) is 1.41. The molecule has 3 aromatic carbocycles. The highest BCUT2D eigenvalue weighted by Gasteiger charge is 2.40. The lowest BCUT2D eigenvalue weighted by Crippen LogP contribution is -2.55. The molecule has 5 nitrogen and oxygen atoms in total. The number of methoxy groups -OCH3 is 1. The number of benzene rings is 3. The molecule has 0 aromatic heterocycles. The van der Waals surface area contributed by atoms with Gasteiger partial charge in [0.25, 0.3) is 0 Å². The zero-order valence-corrected chi connectivity index (χ0v) is 20.3. The van der Waals surface area contributed by atoms with Crippen LogP contribution in [0.1, 0.15) is 37.8 Å². The first-order valence-electron chi connectivity index (χ1n) is 12.0. The SMILES string of the molecule is COc1ccc(CC2(O)CCN(C(C)C)C(Oc3ccc(OCc4ccccc4)cc3)C2)cc1. The summed E-state index contributed by atoms with van der Waals surface area (Å²) < 4.78 is 17.6. The molecule has 1 heterocycles. The summed E-state index contributed by atoms with van der Waals surface area (Å²) >= 11 is 0. The molecular weight excluding hydrogens is 426 g/mol. The summed E-state index contributed by atoms with van der Waals surface area (Å²) in [6, 6.07) is 26.1. The van der Waals surface area contributed by atoms with E-state index in [0.717, 1.165) is 34.9 Å². The standard InChI is InChI=1S/C29H35NO4/c1-22(2)30-18-17-29(31,19-23-9-11-25(32-3)12-10-23)20-28(30)34-27-15-13-26(14-16-27)33-21-24-7-5-4-6-8-24/h4-16,22,28,31H,17-21H2,1-3H3. The van der Waals surface area contributed by atoms with E-state index in [9.17, 15) is 5.11 Å². The summed E-state index contributed by atoms with van der Waals surface area (Å²) in [4.78, 5) is 2.32. The lowest BCUT2D eigenvalue weighted by atomic mass is 9.84. The second-order valence-corrected chi connectivity index (χ2v) is 9.35. The Morgan fingerprint density at radius 3 is 2.18 bits per heavy atom. The molecule has 1 fully saturated rings. The van der Waals surface area contributed by atoms with Gasteiger partial charge in [0, 0.05) is 25.4 Å². The first-order valence-corrected chi connectivity index (χ1v) is 12.0. The van der Waals surface area contributed by atoms with E-state index in [1.165, 1.54) is 0 Å². The van der Waals surface area contributed by atoms with Gasteiger partial charge in [0.05, 0.1) is 12.7 Å². The molecule has 0 bridgehead atoms. The first kappa shape index (κ1) is 24.1. The number of likely N-dealkylation sites (tertiary alicyclic amines) is 1. The number of aliphatic hydroxyl groups is 1. The van der Waals surface area contributed by atoms with Gasteiger partial charge in [-0.3, -0.25) is 4.90 Å². The lowest BCUT2D eigenvalue weighted by Gasteiger charge is -2.45. The Kier molecular flexibility index (Phi) is 7.76. The normalized spacial score (nSPS) is 20.8. The smallest absolute Gasteiger partial charge is 0.155 e. The Balaban J connectivity index is 1.40. The number of hydrogen-bond donors (Lipinski definition) is 1. The largest absolute Gasteiger partial charge is 0.497 e. The van der Waals surface area contributed by atoms with Gasteiger partial charge in [-0.1, -0.05) is 42.5 Å². The van der Waals surface area contributed by atoms with E-state index in [0.29, 0.717) is 31.9 Å². The van der Waals surface area contributed by atoms with Crippen LogP contribution in [0.2, 0.25) is 0 Å². The predicted molar refractivity (Wildman–Crippen MR) is 134 cm³/mol. The molecule has 1 aliphatic heterocycles. The molecule has 0 aliphatic carbocycles. The molecular formula is C29H35NO4. The fourth-order valence-corrected chi connectivity index (χ4v) is 4.52. The molecule has 4 rings (SSSR count). The molecule has 2 unspecified atom stereocenters. The second kappa shape index (κ2) is 10.9. The Morgan fingerprint density at radius 2 is 1.53 bits per heavy atom. The van der Waals surface area contributed by atoms with Crippen molar-refractivity contribution in [2.24, 2.45) is 0 Å². The average Bonchev–Trinajstić information content (AvgIpc) is 2.84. The van der Waals surface area contributed by atoms with Crippen LogP contribution in [-0.2, 0) is 13.0 Å². The van der Waals surface area contributed by atoms with Crippen molar-refractivity contribution in [3.05, 3.63) is 90.0 Å². The van der Waals surface area contributed by atoms with Crippen molar-refractivity contribution in [2.75, 3.05) is 13.7 Å². The topological polar surface area (TPSA) is 51.2 Å². The van der Waals surface area contributed by atoms with Gasteiger partial charge >= 0.3 is 0 Å².